The third-order valence-corrected chi connectivity index (χ3v) is 4.84. The van der Waals surface area contributed by atoms with Crippen LogP contribution in [-0.2, 0) is 15.2 Å². The second kappa shape index (κ2) is 7.80. The Hall–Kier alpha value is -1.85. The molecule has 1 saturated heterocycles. The third-order valence-electron chi connectivity index (χ3n) is 4.84. The van der Waals surface area contributed by atoms with Gasteiger partial charge in [-0.2, -0.15) is 0 Å². The second-order valence-electron chi connectivity index (χ2n) is 6.63. The number of hydrogen-bond donors (Lipinski definition) is 5. The summed E-state index contributed by atoms with van der Waals surface area (Å²) >= 11 is 0. The summed E-state index contributed by atoms with van der Waals surface area (Å²) < 4.78 is 7.05. The number of aromatic nitrogens is 2. The van der Waals surface area contributed by atoms with Crippen LogP contribution in [0.15, 0.2) is 11.3 Å². The first-order chi connectivity index (χ1) is 12.5. The molecule has 1 aromatic rings. The van der Waals surface area contributed by atoms with E-state index in [0.717, 1.165) is 19.3 Å². The van der Waals surface area contributed by atoms with Crippen molar-refractivity contribution in [2.75, 3.05) is 6.61 Å². The van der Waals surface area contributed by atoms with E-state index in [-0.39, 0.29) is 0 Å². The number of nitrogens with one attached hydrogen (secondary N) is 1. The van der Waals surface area contributed by atoms with Crippen LogP contribution in [0, 0.1) is 0 Å². The molecule has 0 bridgehead atoms. The Balaban J connectivity index is 1.76. The Bertz CT molecular complexity index is 665. The Morgan fingerprint density at radius 1 is 1.35 bits per heavy atom. The summed E-state index contributed by atoms with van der Waals surface area (Å²) in [6.45, 7) is -0.407. The fraction of sp³-hybridized carbons (Fsp3) is 0.688. The van der Waals surface area contributed by atoms with Crippen molar-refractivity contribution in [3.8, 4) is 0 Å². The van der Waals surface area contributed by atoms with Gasteiger partial charge < -0.3 is 31.1 Å². The molecule has 0 aromatic carbocycles. The van der Waals surface area contributed by atoms with Crippen molar-refractivity contribution in [2.45, 2.75) is 62.3 Å². The number of aliphatic hydroxyl groups excluding tert-OH is 3. The van der Waals surface area contributed by atoms with Crippen LogP contribution < -0.4 is 11.1 Å². The molecular weight excluding hydrogens is 342 g/mol. The van der Waals surface area contributed by atoms with Gasteiger partial charge in [-0.05, 0) is 19.3 Å². The predicted octanol–water partition coefficient (Wildman–Crippen LogP) is -1.07. The van der Waals surface area contributed by atoms with Gasteiger partial charge in [0.2, 0.25) is 0 Å². The highest BCUT2D eigenvalue weighted by atomic mass is 16.6. The molecule has 10 heteroatoms. The highest BCUT2D eigenvalue weighted by Crippen LogP contribution is 2.38. The van der Waals surface area contributed by atoms with Gasteiger partial charge in [-0.3, -0.25) is 9.36 Å². The predicted molar refractivity (Wildman–Crippen MR) is 91.2 cm³/mol. The van der Waals surface area contributed by atoms with Crippen LogP contribution in [0.4, 0.5) is 5.82 Å². The number of unbranched alkanes of at least 4 members (excludes halogenated alkanes) is 3. The minimum atomic E-state index is -1.22. The van der Waals surface area contributed by atoms with Crippen molar-refractivity contribution >= 4 is 18.4 Å². The topological polar surface area (TPSA) is 155 Å². The summed E-state index contributed by atoms with van der Waals surface area (Å²) in [5, 5.41) is 32.4. The van der Waals surface area contributed by atoms with Crippen molar-refractivity contribution in [3.05, 3.63) is 12.0 Å². The van der Waals surface area contributed by atoms with Crippen LogP contribution in [0.2, 0.25) is 0 Å². The number of rotatable bonds is 8. The molecule has 1 radical (unpaired) electrons. The van der Waals surface area contributed by atoms with Gasteiger partial charge >= 0.3 is 0 Å². The molecule has 1 aromatic heterocycles. The van der Waals surface area contributed by atoms with E-state index >= 15 is 0 Å². The van der Waals surface area contributed by atoms with Crippen LogP contribution in [0.1, 0.15) is 44.0 Å². The maximum Gasteiger partial charge on any atom is 0.198 e. The number of fused-ring (bicyclic) bond motifs is 1. The summed E-state index contributed by atoms with van der Waals surface area (Å²) in [7, 11) is 0. The summed E-state index contributed by atoms with van der Waals surface area (Å²) in [6.07, 6.45) is 3.98. The van der Waals surface area contributed by atoms with Gasteiger partial charge in [0.1, 0.15) is 29.7 Å². The molecule has 2 aliphatic heterocycles. The van der Waals surface area contributed by atoms with E-state index in [4.69, 9.17) is 10.5 Å². The lowest BCUT2D eigenvalue weighted by atomic mass is 9.97. The van der Waals surface area contributed by atoms with Gasteiger partial charge in [0.05, 0.1) is 19.3 Å². The first-order valence-corrected chi connectivity index (χ1v) is 8.65. The van der Waals surface area contributed by atoms with E-state index in [2.05, 4.69) is 15.3 Å². The van der Waals surface area contributed by atoms with Crippen LogP contribution in [0.5, 0.6) is 0 Å². The van der Waals surface area contributed by atoms with Crippen LogP contribution in [0.25, 0.3) is 0 Å². The zero-order chi connectivity index (χ0) is 18.7. The van der Waals surface area contributed by atoms with Gasteiger partial charge in [0, 0.05) is 6.42 Å². The fourth-order valence-electron chi connectivity index (χ4n) is 3.34. The Labute approximate surface area is 150 Å². The first-order valence-electron chi connectivity index (χ1n) is 8.65. The van der Waals surface area contributed by atoms with Crippen molar-refractivity contribution < 1.29 is 24.9 Å². The second-order valence-corrected chi connectivity index (χ2v) is 6.63. The quantitative estimate of drug-likeness (QED) is 0.364. The number of aliphatic hydroxyl groups is 3. The minimum absolute atomic E-state index is 0.407. The van der Waals surface area contributed by atoms with E-state index in [1.165, 1.54) is 17.2 Å². The van der Waals surface area contributed by atoms with Crippen LogP contribution >= 0.6 is 0 Å². The molecule has 0 aliphatic carbocycles. The van der Waals surface area contributed by atoms with Crippen LogP contribution in [0.3, 0.4) is 0 Å². The van der Waals surface area contributed by atoms with Gasteiger partial charge in [-0.25, -0.2) is 9.98 Å². The van der Waals surface area contributed by atoms with Gasteiger partial charge in [-0.1, -0.05) is 6.42 Å². The van der Waals surface area contributed by atoms with E-state index in [9.17, 15) is 20.1 Å². The summed E-state index contributed by atoms with van der Waals surface area (Å²) in [4.78, 5) is 18.9. The average Bonchev–Trinajstić information content (AvgIpc) is 3.18. The normalized spacial score (nSPS) is 33.1. The largest absolute Gasteiger partial charge is 0.394 e. The molecule has 10 nitrogen and oxygen atoms in total. The lowest BCUT2D eigenvalue weighted by molar-refractivity contribution is -0.0520. The highest BCUT2D eigenvalue weighted by molar-refractivity contribution is 5.66. The first kappa shape index (κ1) is 18.9. The molecule has 26 heavy (non-hydrogen) atoms. The molecule has 6 N–H and O–H groups in total. The molecular formula is C16H24N5O5. The van der Waals surface area contributed by atoms with E-state index in [1.807, 2.05) is 6.29 Å². The molecule has 0 saturated carbocycles. The zero-order valence-electron chi connectivity index (χ0n) is 14.3. The third kappa shape index (κ3) is 3.38. The average molecular weight is 366 g/mol. The number of nitrogens with two attached hydrogens (primary N) is 1. The van der Waals surface area contributed by atoms with Crippen molar-refractivity contribution in [1.82, 2.24) is 14.9 Å². The minimum Gasteiger partial charge on any atom is -0.394 e. The van der Waals surface area contributed by atoms with Gasteiger partial charge in [0.15, 0.2) is 18.3 Å². The molecule has 143 valence electrons. The lowest BCUT2D eigenvalue weighted by Gasteiger charge is -2.31. The Kier molecular flexibility index (Phi) is 5.68. The zero-order valence-corrected chi connectivity index (χ0v) is 14.3. The van der Waals surface area contributed by atoms with E-state index < -0.39 is 36.8 Å². The molecule has 1 unspecified atom stereocenters. The Morgan fingerprint density at radius 3 is 2.85 bits per heavy atom. The number of imidazole rings is 1. The van der Waals surface area contributed by atoms with Crippen molar-refractivity contribution in [1.29, 1.82) is 0 Å². The van der Waals surface area contributed by atoms with Crippen molar-refractivity contribution in [2.24, 2.45) is 10.7 Å². The summed E-state index contributed by atoms with van der Waals surface area (Å²) in [6, 6.07) is 0. The number of ether oxygens (including phenoxy) is 1. The van der Waals surface area contributed by atoms with Crippen molar-refractivity contribution in [3.63, 3.8) is 0 Å². The number of nitrogens with zero attached hydrogens (tertiary/aromatic N) is 3. The SMILES string of the molecule is NC1(CCCCC[C]=O)NC=Nc2c1ncn2[C@@H]1O[C@H](CO)[C@@H](O)[C@H]1O. The number of hydrogen-bond acceptors (Lipinski definition) is 9. The smallest absolute Gasteiger partial charge is 0.198 e. The number of aliphatic imine (C=N–C) groups is 1. The van der Waals surface area contributed by atoms with Crippen LogP contribution in [-0.4, -0.2) is 62.4 Å². The molecule has 3 heterocycles. The van der Waals surface area contributed by atoms with Gasteiger partial charge in [0.25, 0.3) is 0 Å². The fourth-order valence-corrected chi connectivity index (χ4v) is 3.34. The number of carbonyl (C=O) groups excluding carboxylic acids is 1. The highest BCUT2D eigenvalue weighted by Gasteiger charge is 2.45. The molecule has 1 fully saturated rings. The lowest BCUT2D eigenvalue weighted by Crippen LogP contribution is -2.51. The van der Waals surface area contributed by atoms with Gasteiger partial charge in [-0.15, -0.1) is 0 Å². The maximum absolute atomic E-state index is 10.3. The molecule has 5 atom stereocenters. The maximum atomic E-state index is 10.3. The molecule has 2 aliphatic rings. The van der Waals surface area contributed by atoms with E-state index in [0.29, 0.717) is 24.4 Å². The monoisotopic (exact) mass is 366 g/mol. The Morgan fingerprint density at radius 2 is 2.15 bits per heavy atom. The summed E-state index contributed by atoms with van der Waals surface area (Å²) in [5.74, 6) is 0.433. The standard InChI is InChI=1S/C16H24N5O5/c17-16(5-3-1-2-4-6-22)13-14(18-8-20-16)21(9-19-13)15-12(25)11(24)10(7-23)26-15/h8-12,15,23-25H,1-5,7,17H2,(H,18,20)/t10-,11-,12-,15-,16?/m1/s1. The molecule has 0 spiro atoms. The van der Waals surface area contributed by atoms with E-state index in [1.54, 1.807) is 0 Å². The summed E-state index contributed by atoms with van der Waals surface area (Å²) in [5.41, 5.74) is 6.05. The molecule has 0 amide bonds. The molecule has 3 rings (SSSR count).